The van der Waals surface area contributed by atoms with E-state index >= 15 is 0 Å². The molecule has 4 nitrogen and oxygen atoms in total. The van der Waals surface area contributed by atoms with Crippen LogP contribution in [0, 0.1) is 5.41 Å². The predicted octanol–water partition coefficient (Wildman–Crippen LogP) is 2.70. The summed E-state index contributed by atoms with van der Waals surface area (Å²) in [5.41, 5.74) is 0.347. The minimum atomic E-state index is 0.347. The molecule has 1 N–H and O–H groups in total. The van der Waals surface area contributed by atoms with E-state index in [9.17, 15) is 0 Å². The van der Waals surface area contributed by atoms with Gasteiger partial charge in [0.25, 0.3) is 0 Å². The van der Waals surface area contributed by atoms with Gasteiger partial charge in [0.1, 0.15) is 12.2 Å². The molecule has 0 aromatic carbocycles. The second kappa shape index (κ2) is 6.51. The number of nitrogens with zero attached hydrogens (tertiary/aromatic N) is 3. The van der Waals surface area contributed by atoms with E-state index in [1.54, 1.807) is 6.33 Å². The van der Waals surface area contributed by atoms with Crippen LogP contribution in [-0.2, 0) is 13.5 Å². The Balaban J connectivity index is 2.03. The molecule has 1 unspecified atom stereocenters. The van der Waals surface area contributed by atoms with Gasteiger partial charge in [-0.3, -0.25) is 4.68 Å². The summed E-state index contributed by atoms with van der Waals surface area (Å²) < 4.78 is 1.92. The number of aryl methyl sites for hydroxylation is 1. The predicted molar refractivity (Wildman–Crippen MR) is 78.0 cm³/mol. The van der Waals surface area contributed by atoms with Crippen LogP contribution in [0.3, 0.4) is 0 Å². The minimum Gasteiger partial charge on any atom is -0.313 e. The van der Waals surface area contributed by atoms with Crippen LogP contribution in [0.25, 0.3) is 0 Å². The van der Waals surface area contributed by atoms with Crippen molar-refractivity contribution in [2.24, 2.45) is 12.5 Å². The molecule has 0 spiro atoms. The van der Waals surface area contributed by atoms with Gasteiger partial charge in [0.2, 0.25) is 0 Å². The van der Waals surface area contributed by atoms with Crippen LogP contribution in [-0.4, -0.2) is 27.4 Å². The summed E-state index contributed by atoms with van der Waals surface area (Å²) in [4.78, 5) is 4.42. The fraction of sp³-hybridized carbons (Fsp3) is 0.867. The SMILES string of the molecule is CCCCC(CC)(CNC1CC1)Cc1ncnn1C. The van der Waals surface area contributed by atoms with Crippen LogP contribution in [0.2, 0.25) is 0 Å². The van der Waals surface area contributed by atoms with Crippen LogP contribution < -0.4 is 5.32 Å². The van der Waals surface area contributed by atoms with Crippen LogP contribution >= 0.6 is 0 Å². The normalized spacial score (nSPS) is 18.5. The first-order valence-corrected chi connectivity index (χ1v) is 7.75. The molecule has 19 heavy (non-hydrogen) atoms. The first-order valence-electron chi connectivity index (χ1n) is 7.75. The lowest BCUT2D eigenvalue weighted by Crippen LogP contribution is -2.37. The topological polar surface area (TPSA) is 42.7 Å². The van der Waals surface area contributed by atoms with Gasteiger partial charge in [-0.05, 0) is 31.1 Å². The van der Waals surface area contributed by atoms with Crippen LogP contribution in [0.15, 0.2) is 6.33 Å². The third-order valence-corrected chi connectivity index (χ3v) is 4.49. The monoisotopic (exact) mass is 264 g/mol. The molecule has 1 atom stereocenters. The molecule has 1 aromatic heterocycles. The molecule has 2 rings (SSSR count). The highest BCUT2D eigenvalue weighted by molar-refractivity contribution is 4.96. The van der Waals surface area contributed by atoms with Crippen molar-refractivity contribution in [1.29, 1.82) is 0 Å². The maximum Gasteiger partial charge on any atom is 0.138 e. The molecule has 0 saturated heterocycles. The zero-order chi connectivity index (χ0) is 13.7. The fourth-order valence-corrected chi connectivity index (χ4v) is 2.68. The van der Waals surface area contributed by atoms with Gasteiger partial charge in [-0.1, -0.05) is 26.7 Å². The summed E-state index contributed by atoms with van der Waals surface area (Å²) in [6, 6.07) is 0.784. The van der Waals surface area contributed by atoms with Gasteiger partial charge in [0.15, 0.2) is 0 Å². The van der Waals surface area contributed by atoms with Gasteiger partial charge >= 0.3 is 0 Å². The molecular formula is C15H28N4. The summed E-state index contributed by atoms with van der Waals surface area (Å²) in [7, 11) is 2.00. The Labute approximate surface area is 117 Å². The number of hydrogen-bond acceptors (Lipinski definition) is 3. The first-order chi connectivity index (χ1) is 9.19. The van der Waals surface area contributed by atoms with Crippen molar-refractivity contribution >= 4 is 0 Å². The lowest BCUT2D eigenvalue weighted by atomic mass is 9.77. The summed E-state index contributed by atoms with van der Waals surface area (Å²) in [6.45, 7) is 5.72. The summed E-state index contributed by atoms with van der Waals surface area (Å²) >= 11 is 0. The lowest BCUT2D eigenvalue weighted by molar-refractivity contribution is 0.221. The van der Waals surface area contributed by atoms with E-state index in [-0.39, 0.29) is 0 Å². The third kappa shape index (κ3) is 4.03. The van der Waals surface area contributed by atoms with Crippen molar-refractivity contribution < 1.29 is 0 Å². The van der Waals surface area contributed by atoms with E-state index in [1.807, 2.05) is 11.7 Å². The quantitative estimate of drug-likeness (QED) is 0.745. The van der Waals surface area contributed by atoms with Gasteiger partial charge in [0.05, 0.1) is 0 Å². The molecule has 1 aliphatic carbocycles. The second-order valence-electron chi connectivity index (χ2n) is 6.09. The van der Waals surface area contributed by atoms with E-state index in [1.165, 1.54) is 38.5 Å². The summed E-state index contributed by atoms with van der Waals surface area (Å²) in [5.74, 6) is 1.12. The number of rotatable bonds is 9. The number of nitrogens with one attached hydrogen (secondary N) is 1. The minimum absolute atomic E-state index is 0.347. The summed E-state index contributed by atoms with van der Waals surface area (Å²) in [5, 5.41) is 7.94. The van der Waals surface area contributed by atoms with Crippen LogP contribution in [0.1, 0.15) is 58.2 Å². The van der Waals surface area contributed by atoms with Crippen LogP contribution in [0.5, 0.6) is 0 Å². The molecule has 108 valence electrons. The molecular weight excluding hydrogens is 236 g/mol. The molecule has 1 aliphatic rings. The molecule has 4 heteroatoms. The lowest BCUT2D eigenvalue weighted by Gasteiger charge is -2.33. The van der Waals surface area contributed by atoms with Crippen molar-refractivity contribution in [3.8, 4) is 0 Å². The van der Waals surface area contributed by atoms with Gasteiger partial charge < -0.3 is 5.32 Å². The zero-order valence-corrected chi connectivity index (χ0v) is 12.7. The third-order valence-electron chi connectivity index (χ3n) is 4.49. The maximum absolute atomic E-state index is 4.42. The summed E-state index contributed by atoms with van der Waals surface area (Å²) in [6.07, 6.45) is 10.5. The van der Waals surface area contributed by atoms with E-state index < -0.39 is 0 Å². The molecule has 1 saturated carbocycles. The Morgan fingerprint density at radius 1 is 1.42 bits per heavy atom. The molecule has 0 radical (unpaired) electrons. The van der Waals surface area contributed by atoms with E-state index in [0.29, 0.717) is 5.41 Å². The number of hydrogen-bond donors (Lipinski definition) is 1. The maximum atomic E-state index is 4.42. The van der Waals surface area contributed by atoms with E-state index in [4.69, 9.17) is 0 Å². The molecule has 0 amide bonds. The first kappa shape index (κ1) is 14.5. The largest absolute Gasteiger partial charge is 0.313 e. The van der Waals surface area contributed by atoms with E-state index in [2.05, 4.69) is 29.2 Å². The highest BCUT2D eigenvalue weighted by atomic mass is 15.3. The highest BCUT2D eigenvalue weighted by Crippen LogP contribution is 2.33. The van der Waals surface area contributed by atoms with Crippen molar-refractivity contribution in [3.63, 3.8) is 0 Å². The average Bonchev–Trinajstić information content (AvgIpc) is 3.17. The Morgan fingerprint density at radius 2 is 2.21 bits per heavy atom. The molecule has 1 aromatic rings. The van der Waals surface area contributed by atoms with Crippen molar-refractivity contribution in [2.75, 3.05) is 6.54 Å². The Bertz CT molecular complexity index is 383. The van der Waals surface area contributed by atoms with Crippen LogP contribution in [0.4, 0.5) is 0 Å². The zero-order valence-electron chi connectivity index (χ0n) is 12.7. The number of aromatic nitrogens is 3. The van der Waals surface area contributed by atoms with Gasteiger partial charge in [-0.2, -0.15) is 5.10 Å². The van der Waals surface area contributed by atoms with Crippen molar-refractivity contribution in [3.05, 3.63) is 12.2 Å². The fourth-order valence-electron chi connectivity index (χ4n) is 2.68. The number of unbranched alkanes of at least 4 members (excludes halogenated alkanes) is 1. The van der Waals surface area contributed by atoms with Gasteiger partial charge in [-0.15, -0.1) is 0 Å². The smallest absolute Gasteiger partial charge is 0.138 e. The Kier molecular flexibility index (Phi) is 4.97. The molecule has 1 fully saturated rings. The second-order valence-corrected chi connectivity index (χ2v) is 6.09. The van der Waals surface area contributed by atoms with Crippen molar-refractivity contribution in [1.82, 2.24) is 20.1 Å². The van der Waals surface area contributed by atoms with E-state index in [0.717, 1.165) is 24.8 Å². The molecule has 0 aliphatic heterocycles. The molecule has 1 heterocycles. The van der Waals surface area contributed by atoms with Crippen molar-refractivity contribution in [2.45, 2.75) is 64.8 Å². The van der Waals surface area contributed by atoms with Gasteiger partial charge in [0, 0.05) is 26.1 Å². The average molecular weight is 264 g/mol. The Hall–Kier alpha value is -0.900. The standard InChI is InChI=1S/C15H28N4/c1-4-6-9-15(5-2,11-16-13-7-8-13)10-14-17-12-18-19(14)3/h12-13,16H,4-11H2,1-3H3. The molecule has 0 bridgehead atoms. The highest BCUT2D eigenvalue weighted by Gasteiger charge is 2.32. The Morgan fingerprint density at radius 3 is 2.74 bits per heavy atom. The van der Waals surface area contributed by atoms with Gasteiger partial charge in [-0.25, -0.2) is 4.98 Å².